The summed E-state index contributed by atoms with van der Waals surface area (Å²) in [6.45, 7) is 2.07. The van der Waals surface area contributed by atoms with E-state index >= 15 is 0 Å². The lowest BCUT2D eigenvalue weighted by Gasteiger charge is -2.08. The lowest BCUT2D eigenvalue weighted by Crippen LogP contribution is -2.27. The zero-order valence-corrected chi connectivity index (χ0v) is 12.6. The third kappa shape index (κ3) is 5.55. The van der Waals surface area contributed by atoms with Crippen LogP contribution in [0.5, 0.6) is 0 Å². The summed E-state index contributed by atoms with van der Waals surface area (Å²) >= 11 is 0. The number of hydrogen-bond donors (Lipinski definition) is 2. The molecular weight excluding hydrogens is 292 g/mol. The number of ether oxygens (including phenoxy) is 1. The Hall–Kier alpha value is -1.88. The summed E-state index contributed by atoms with van der Waals surface area (Å²) in [7, 11) is -3.73. The van der Waals surface area contributed by atoms with Gasteiger partial charge in [0.15, 0.2) is 0 Å². The summed E-state index contributed by atoms with van der Waals surface area (Å²) in [5.41, 5.74) is 5.65. The minimum Gasteiger partial charge on any atom is -0.466 e. The third-order valence-corrected chi connectivity index (χ3v) is 3.95. The Labute approximate surface area is 124 Å². The molecule has 0 aliphatic heterocycles. The van der Waals surface area contributed by atoms with E-state index in [9.17, 15) is 13.2 Å². The van der Waals surface area contributed by atoms with Gasteiger partial charge in [0, 0.05) is 12.1 Å². The molecule has 0 radical (unpaired) electrons. The van der Waals surface area contributed by atoms with Gasteiger partial charge in [-0.15, -0.1) is 0 Å². The Morgan fingerprint density at radius 1 is 1.38 bits per heavy atom. The van der Waals surface area contributed by atoms with Gasteiger partial charge in [0.25, 0.3) is 0 Å². The summed E-state index contributed by atoms with van der Waals surface area (Å²) in [4.78, 5) is 11.2. The maximum absolute atomic E-state index is 12.2. The Morgan fingerprint density at radius 2 is 2.10 bits per heavy atom. The SMILES string of the molecule is CCOC(=O)CCNS(=O)(=O)c1ccccc1C#CCN. The minimum absolute atomic E-state index is 0.0241. The van der Waals surface area contributed by atoms with E-state index < -0.39 is 16.0 Å². The van der Waals surface area contributed by atoms with Gasteiger partial charge in [-0.3, -0.25) is 4.79 Å². The highest BCUT2D eigenvalue weighted by atomic mass is 32.2. The molecule has 114 valence electrons. The van der Waals surface area contributed by atoms with Crippen molar-refractivity contribution in [3.05, 3.63) is 29.8 Å². The largest absolute Gasteiger partial charge is 0.466 e. The van der Waals surface area contributed by atoms with Gasteiger partial charge in [-0.2, -0.15) is 0 Å². The molecule has 6 nitrogen and oxygen atoms in total. The Kier molecular flexibility index (Phi) is 6.88. The molecule has 7 heteroatoms. The van der Waals surface area contributed by atoms with Gasteiger partial charge in [0.05, 0.1) is 24.5 Å². The smallest absolute Gasteiger partial charge is 0.307 e. The first kappa shape index (κ1) is 17.2. The van der Waals surface area contributed by atoms with Crippen LogP contribution in [0.3, 0.4) is 0 Å². The van der Waals surface area contributed by atoms with Crippen LogP contribution in [0.2, 0.25) is 0 Å². The van der Waals surface area contributed by atoms with Crippen molar-refractivity contribution in [3.8, 4) is 11.8 Å². The molecule has 1 aromatic carbocycles. The molecule has 0 aromatic heterocycles. The number of sulfonamides is 1. The van der Waals surface area contributed by atoms with Crippen LogP contribution in [0.1, 0.15) is 18.9 Å². The molecule has 0 spiro atoms. The standard InChI is InChI=1S/C14H18N2O4S/c1-2-20-14(17)9-11-16-21(18,19)13-8-4-3-6-12(13)7-5-10-15/h3-4,6,8,16H,2,9-11,15H2,1H3. The number of carbonyl (C=O) groups is 1. The second-order valence-electron chi connectivity index (χ2n) is 3.95. The maximum Gasteiger partial charge on any atom is 0.307 e. The van der Waals surface area contributed by atoms with Crippen molar-refractivity contribution in [1.29, 1.82) is 0 Å². The Bertz CT molecular complexity index is 644. The molecule has 0 saturated heterocycles. The zero-order chi connectivity index (χ0) is 15.7. The average molecular weight is 310 g/mol. The van der Waals surface area contributed by atoms with Crippen LogP contribution in [0.4, 0.5) is 0 Å². The molecule has 21 heavy (non-hydrogen) atoms. The van der Waals surface area contributed by atoms with Gasteiger partial charge >= 0.3 is 5.97 Å². The van der Waals surface area contributed by atoms with Crippen LogP contribution in [-0.2, 0) is 19.6 Å². The summed E-state index contributed by atoms with van der Waals surface area (Å²) in [5.74, 6) is 4.88. The predicted octanol–water partition coefficient (Wildman–Crippen LogP) is 0.228. The van der Waals surface area contributed by atoms with E-state index in [0.717, 1.165) is 0 Å². The lowest BCUT2D eigenvalue weighted by molar-refractivity contribution is -0.142. The molecular formula is C14H18N2O4S. The van der Waals surface area contributed by atoms with Crippen LogP contribution < -0.4 is 10.5 Å². The van der Waals surface area contributed by atoms with Crippen molar-refractivity contribution >= 4 is 16.0 Å². The summed E-state index contributed by atoms with van der Waals surface area (Å²) < 4.78 is 31.5. The minimum atomic E-state index is -3.73. The summed E-state index contributed by atoms with van der Waals surface area (Å²) in [6, 6.07) is 6.35. The first-order chi connectivity index (χ1) is 10.0. The number of benzene rings is 1. The highest BCUT2D eigenvalue weighted by Gasteiger charge is 2.17. The molecule has 0 atom stereocenters. The normalized spacial score (nSPS) is 10.6. The molecule has 1 aromatic rings. The molecule has 3 N–H and O–H groups in total. The van der Waals surface area contributed by atoms with Gasteiger partial charge in [0.1, 0.15) is 0 Å². The number of esters is 1. The van der Waals surface area contributed by atoms with Gasteiger partial charge in [-0.1, -0.05) is 24.0 Å². The molecule has 1 rings (SSSR count). The van der Waals surface area contributed by atoms with Gasteiger partial charge < -0.3 is 10.5 Å². The van der Waals surface area contributed by atoms with Crippen molar-refractivity contribution in [2.45, 2.75) is 18.2 Å². The fraction of sp³-hybridized carbons (Fsp3) is 0.357. The summed E-state index contributed by atoms with van der Waals surface area (Å²) in [5, 5.41) is 0. The van der Waals surface area contributed by atoms with Crippen LogP contribution >= 0.6 is 0 Å². The van der Waals surface area contributed by atoms with E-state index in [0.29, 0.717) is 5.56 Å². The summed E-state index contributed by atoms with van der Waals surface area (Å²) in [6.07, 6.45) is -0.0241. The van der Waals surface area contributed by atoms with E-state index in [-0.39, 0.29) is 31.0 Å². The van der Waals surface area contributed by atoms with Gasteiger partial charge in [-0.05, 0) is 19.1 Å². The van der Waals surface area contributed by atoms with Crippen LogP contribution in [-0.4, -0.2) is 34.1 Å². The molecule has 0 fully saturated rings. The van der Waals surface area contributed by atoms with E-state index in [1.165, 1.54) is 6.07 Å². The fourth-order valence-electron chi connectivity index (χ4n) is 1.55. The van der Waals surface area contributed by atoms with Gasteiger partial charge in [0.2, 0.25) is 10.0 Å². The van der Waals surface area contributed by atoms with Crippen LogP contribution in [0.15, 0.2) is 29.2 Å². The molecule has 0 aliphatic rings. The molecule has 0 saturated carbocycles. The highest BCUT2D eigenvalue weighted by molar-refractivity contribution is 7.89. The van der Waals surface area contributed by atoms with Crippen molar-refractivity contribution in [1.82, 2.24) is 4.72 Å². The monoisotopic (exact) mass is 310 g/mol. The molecule has 0 amide bonds. The zero-order valence-electron chi connectivity index (χ0n) is 11.8. The van der Waals surface area contributed by atoms with E-state index in [1.807, 2.05) is 0 Å². The molecule has 0 aliphatic carbocycles. The predicted molar refractivity (Wildman–Crippen MR) is 78.8 cm³/mol. The second kappa shape index (κ2) is 8.42. The second-order valence-corrected chi connectivity index (χ2v) is 5.69. The van der Waals surface area contributed by atoms with Crippen molar-refractivity contribution in [2.24, 2.45) is 5.73 Å². The van der Waals surface area contributed by atoms with Crippen LogP contribution in [0, 0.1) is 11.8 Å². The third-order valence-electron chi connectivity index (χ3n) is 2.43. The Morgan fingerprint density at radius 3 is 2.76 bits per heavy atom. The van der Waals surface area contributed by atoms with Crippen molar-refractivity contribution in [2.75, 3.05) is 19.7 Å². The van der Waals surface area contributed by atoms with E-state index in [2.05, 4.69) is 16.6 Å². The molecule has 0 heterocycles. The van der Waals surface area contributed by atoms with Crippen molar-refractivity contribution < 1.29 is 17.9 Å². The van der Waals surface area contributed by atoms with Gasteiger partial charge in [-0.25, -0.2) is 13.1 Å². The first-order valence-corrected chi connectivity index (χ1v) is 7.93. The van der Waals surface area contributed by atoms with E-state index in [4.69, 9.17) is 10.5 Å². The quantitative estimate of drug-likeness (QED) is 0.579. The average Bonchev–Trinajstić information content (AvgIpc) is 2.45. The maximum atomic E-state index is 12.2. The molecule has 0 bridgehead atoms. The highest BCUT2D eigenvalue weighted by Crippen LogP contribution is 2.14. The van der Waals surface area contributed by atoms with E-state index in [1.54, 1.807) is 25.1 Å². The number of carbonyl (C=O) groups excluding carboxylic acids is 1. The molecule has 0 unspecified atom stereocenters. The lowest BCUT2D eigenvalue weighted by atomic mass is 10.2. The topological polar surface area (TPSA) is 98.5 Å². The number of hydrogen-bond acceptors (Lipinski definition) is 5. The fourth-order valence-corrected chi connectivity index (χ4v) is 2.74. The first-order valence-electron chi connectivity index (χ1n) is 6.44. The number of nitrogens with one attached hydrogen (secondary N) is 1. The van der Waals surface area contributed by atoms with Crippen LogP contribution in [0.25, 0.3) is 0 Å². The van der Waals surface area contributed by atoms with Crippen molar-refractivity contribution in [3.63, 3.8) is 0 Å². The Balaban J connectivity index is 2.81. The number of nitrogens with two attached hydrogens (primary N) is 1. The number of rotatable bonds is 6.